The molecule has 0 aliphatic carbocycles. The van der Waals surface area contributed by atoms with E-state index in [9.17, 15) is 0 Å². The topological polar surface area (TPSA) is 37.4 Å². The second kappa shape index (κ2) is 6.27. The molecule has 0 spiro atoms. The second-order valence-corrected chi connectivity index (χ2v) is 4.88. The Bertz CT molecular complexity index is 366. The molecule has 100 valence electrons. The smallest absolute Gasteiger partial charge is 0.0896 e. The zero-order valence-electron chi connectivity index (χ0n) is 11.5. The van der Waals surface area contributed by atoms with Crippen molar-refractivity contribution in [3.63, 3.8) is 0 Å². The number of ether oxygens (including phenoxy) is 1. The van der Waals surface area contributed by atoms with Crippen LogP contribution in [-0.2, 0) is 4.74 Å². The lowest BCUT2D eigenvalue weighted by Gasteiger charge is -2.39. The van der Waals surface area contributed by atoms with Gasteiger partial charge >= 0.3 is 0 Å². The van der Waals surface area contributed by atoms with Gasteiger partial charge in [0.25, 0.3) is 0 Å². The monoisotopic (exact) mass is 249 g/mol. The minimum Gasteiger partial charge on any atom is -0.374 e. The third-order valence-corrected chi connectivity index (χ3v) is 3.47. The van der Waals surface area contributed by atoms with Gasteiger partial charge in [0.05, 0.1) is 18.8 Å². The van der Waals surface area contributed by atoms with Crippen molar-refractivity contribution in [2.24, 2.45) is 0 Å². The lowest BCUT2D eigenvalue weighted by molar-refractivity contribution is -0.0612. The number of aromatic nitrogens is 1. The van der Waals surface area contributed by atoms with Crippen LogP contribution >= 0.6 is 0 Å². The fourth-order valence-electron chi connectivity index (χ4n) is 2.44. The van der Waals surface area contributed by atoms with E-state index in [0.29, 0.717) is 6.04 Å². The number of nitrogens with zero attached hydrogens (tertiary/aromatic N) is 2. The molecular formula is C14H23N3O. The molecule has 18 heavy (non-hydrogen) atoms. The van der Waals surface area contributed by atoms with E-state index in [-0.39, 0.29) is 6.10 Å². The SMILES string of the molecule is CCNCC1OCCN(C)C1c1ccc(C)nc1. The quantitative estimate of drug-likeness (QED) is 0.874. The summed E-state index contributed by atoms with van der Waals surface area (Å²) in [6.45, 7) is 7.78. The molecule has 0 aromatic carbocycles. The van der Waals surface area contributed by atoms with Crippen molar-refractivity contribution in [2.75, 3.05) is 33.3 Å². The van der Waals surface area contributed by atoms with E-state index in [1.807, 2.05) is 13.1 Å². The van der Waals surface area contributed by atoms with Crippen LogP contribution in [0.15, 0.2) is 18.3 Å². The number of likely N-dealkylation sites (N-methyl/N-ethyl adjacent to an activating group) is 2. The molecule has 2 atom stereocenters. The average Bonchev–Trinajstić information content (AvgIpc) is 2.38. The number of hydrogen-bond acceptors (Lipinski definition) is 4. The summed E-state index contributed by atoms with van der Waals surface area (Å²) in [6, 6.07) is 4.53. The van der Waals surface area contributed by atoms with E-state index < -0.39 is 0 Å². The maximum absolute atomic E-state index is 5.92. The van der Waals surface area contributed by atoms with Crippen LogP contribution in [-0.4, -0.2) is 49.3 Å². The minimum atomic E-state index is 0.202. The summed E-state index contributed by atoms with van der Waals surface area (Å²) in [5, 5.41) is 3.38. The number of pyridine rings is 1. The molecule has 4 nitrogen and oxygen atoms in total. The maximum atomic E-state index is 5.92. The van der Waals surface area contributed by atoms with Crippen LogP contribution in [0.1, 0.15) is 24.2 Å². The third kappa shape index (κ3) is 3.07. The molecule has 2 rings (SSSR count). The molecular weight excluding hydrogens is 226 g/mol. The summed E-state index contributed by atoms with van der Waals surface area (Å²) in [6.07, 6.45) is 2.18. The molecule has 1 saturated heterocycles. The van der Waals surface area contributed by atoms with E-state index >= 15 is 0 Å². The first kappa shape index (κ1) is 13.5. The Hall–Kier alpha value is -0.970. The molecule has 0 saturated carbocycles. The molecule has 1 aromatic heterocycles. The van der Waals surface area contributed by atoms with Crippen molar-refractivity contribution in [1.82, 2.24) is 15.2 Å². The van der Waals surface area contributed by atoms with Gasteiger partial charge in [-0.05, 0) is 32.1 Å². The first-order valence-corrected chi connectivity index (χ1v) is 6.67. The number of hydrogen-bond donors (Lipinski definition) is 1. The Labute approximate surface area is 109 Å². The van der Waals surface area contributed by atoms with Gasteiger partial charge in [0.2, 0.25) is 0 Å². The molecule has 2 heterocycles. The Morgan fingerprint density at radius 1 is 1.50 bits per heavy atom. The molecule has 1 aliphatic heterocycles. The number of nitrogens with one attached hydrogen (secondary N) is 1. The van der Waals surface area contributed by atoms with E-state index in [0.717, 1.165) is 31.9 Å². The zero-order valence-corrected chi connectivity index (χ0v) is 11.5. The van der Waals surface area contributed by atoms with Gasteiger partial charge in [-0.15, -0.1) is 0 Å². The van der Waals surface area contributed by atoms with Crippen molar-refractivity contribution in [3.8, 4) is 0 Å². The fourth-order valence-corrected chi connectivity index (χ4v) is 2.44. The van der Waals surface area contributed by atoms with Gasteiger partial charge in [-0.3, -0.25) is 9.88 Å². The van der Waals surface area contributed by atoms with E-state index in [4.69, 9.17) is 4.74 Å². The Kier molecular flexibility index (Phi) is 4.69. The summed E-state index contributed by atoms with van der Waals surface area (Å²) in [7, 11) is 2.16. The van der Waals surface area contributed by atoms with Crippen molar-refractivity contribution in [3.05, 3.63) is 29.6 Å². The second-order valence-electron chi connectivity index (χ2n) is 4.88. The average molecular weight is 249 g/mol. The maximum Gasteiger partial charge on any atom is 0.0896 e. The van der Waals surface area contributed by atoms with Crippen LogP contribution in [0.25, 0.3) is 0 Å². The summed E-state index contributed by atoms with van der Waals surface area (Å²) in [5.41, 5.74) is 2.30. The van der Waals surface area contributed by atoms with Crippen molar-refractivity contribution < 1.29 is 4.74 Å². The summed E-state index contributed by atoms with van der Waals surface area (Å²) < 4.78 is 5.92. The first-order chi connectivity index (χ1) is 8.72. The van der Waals surface area contributed by atoms with Crippen LogP contribution in [0.5, 0.6) is 0 Å². The highest BCUT2D eigenvalue weighted by Crippen LogP contribution is 2.27. The van der Waals surface area contributed by atoms with Crippen molar-refractivity contribution >= 4 is 0 Å². The summed E-state index contributed by atoms with van der Waals surface area (Å²) in [4.78, 5) is 6.76. The van der Waals surface area contributed by atoms with Gasteiger partial charge in [-0.2, -0.15) is 0 Å². The predicted octanol–water partition coefficient (Wildman–Crippen LogP) is 1.37. The minimum absolute atomic E-state index is 0.202. The Morgan fingerprint density at radius 3 is 3.00 bits per heavy atom. The fraction of sp³-hybridized carbons (Fsp3) is 0.643. The lowest BCUT2D eigenvalue weighted by atomic mass is 9.99. The molecule has 1 aliphatic rings. The van der Waals surface area contributed by atoms with Gasteiger partial charge in [0.1, 0.15) is 0 Å². The zero-order chi connectivity index (χ0) is 13.0. The molecule has 1 aromatic rings. The third-order valence-electron chi connectivity index (χ3n) is 3.47. The molecule has 4 heteroatoms. The van der Waals surface area contributed by atoms with E-state index in [1.165, 1.54) is 5.56 Å². The highest BCUT2D eigenvalue weighted by Gasteiger charge is 2.31. The molecule has 0 bridgehead atoms. The lowest BCUT2D eigenvalue weighted by Crippen LogP contribution is -2.47. The first-order valence-electron chi connectivity index (χ1n) is 6.67. The van der Waals surface area contributed by atoms with Crippen LogP contribution < -0.4 is 5.32 Å². The van der Waals surface area contributed by atoms with Crippen LogP contribution in [0.2, 0.25) is 0 Å². The highest BCUT2D eigenvalue weighted by molar-refractivity contribution is 5.19. The standard InChI is InChI=1S/C14H23N3O/c1-4-15-10-13-14(17(3)7-8-18-13)12-6-5-11(2)16-9-12/h5-6,9,13-15H,4,7-8,10H2,1-3H3. The van der Waals surface area contributed by atoms with E-state index in [1.54, 1.807) is 0 Å². The van der Waals surface area contributed by atoms with Gasteiger partial charge in [0.15, 0.2) is 0 Å². The summed E-state index contributed by atoms with van der Waals surface area (Å²) in [5.74, 6) is 0. The highest BCUT2D eigenvalue weighted by atomic mass is 16.5. The van der Waals surface area contributed by atoms with Gasteiger partial charge in [-0.1, -0.05) is 13.0 Å². The largest absolute Gasteiger partial charge is 0.374 e. The molecule has 2 unspecified atom stereocenters. The Balaban J connectivity index is 2.15. The van der Waals surface area contributed by atoms with Crippen LogP contribution in [0.3, 0.4) is 0 Å². The molecule has 0 radical (unpaired) electrons. The number of morpholine rings is 1. The van der Waals surface area contributed by atoms with Crippen molar-refractivity contribution in [2.45, 2.75) is 26.0 Å². The van der Waals surface area contributed by atoms with Crippen LogP contribution in [0, 0.1) is 6.92 Å². The van der Waals surface area contributed by atoms with E-state index in [2.05, 4.69) is 41.3 Å². The molecule has 0 amide bonds. The van der Waals surface area contributed by atoms with Gasteiger partial charge in [0, 0.05) is 25.0 Å². The predicted molar refractivity (Wildman–Crippen MR) is 72.6 cm³/mol. The van der Waals surface area contributed by atoms with Gasteiger partial charge in [-0.25, -0.2) is 0 Å². The van der Waals surface area contributed by atoms with Crippen molar-refractivity contribution in [1.29, 1.82) is 0 Å². The number of aryl methyl sites for hydroxylation is 1. The van der Waals surface area contributed by atoms with Crippen LogP contribution in [0.4, 0.5) is 0 Å². The molecule has 1 N–H and O–H groups in total. The Morgan fingerprint density at radius 2 is 2.33 bits per heavy atom. The van der Waals surface area contributed by atoms with Gasteiger partial charge < -0.3 is 10.1 Å². The normalized spacial score (nSPS) is 25.3. The number of rotatable bonds is 4. The summed E-state index contributed by atoms with van der Waals surface area (Å²) >= 11 is 0. The molecule has 1 fully saturated rings.